The SMILES string of the molecule is CC(C)N(C(=O)OC(C)(C)C)C1CCCCC1NCC(=O)O. The van der Waals surface area contributed by atoms with Crippen LogP contribution in [0.4, 0.5) is 4.79 Å². The summed E-state index contributed by atoms with van der Waals surface area (Å²) in [6.07, 6.45) is 3.52. The third kappa shape index (κ3) is 5.83. The van der Waals surface area contributed by atoms with Gasteiger partial charge in [-0.3, -0.25) is 4.79 Å². The molecule has 0 aromatic rings. The molecule has 1 aliphatic carbocycles. The first-order chi connectivity index (χ1) is 10.1. The van der Waals surface area contributed by atoms with Crippen LogP contribution in [0.5, 0.6) is 0 Å². The molecular formula is C16H30N2O4. The molecule has 0 saturated heterocycles. The minimum atomic E-state index is -0.877. The number of carbonyl (C=O) groups is 2. The van der Waals surface area contributed by atoms with Crippen LogP contribution in [0.2, 0.25) is 0 Å². The predicted octanol–water partition coefficient (Wildman–Crippen LogP) is 2.62. The summed E-state index contributed by atoms with van der Waals surface area (Å²) in [6.45, 7) is 9.40. The monoisotopic (exact) mass is 314 g/mol. The van der Waals surface area contributed by atoms with Crippen molar-refractivity contribution in [3.05, 3.63) is 0 Å². The molecule has 0 aliphatic heterocycles. The molecule has 0 bridgehead atoms. The van der Waals surface area contributed by atoms with E-state index in [1.165, 1.54) is 0 Å². The number of nitrogens with zero attached hydrogens (tertiary/aromatic N) is 1. The summed E-state index contributed by atoms with van der Waals surface area (Å²) >= 11 is 0. The van der Waals surface area contributed by atoms with E-state index in [0.29, 0.717) is 0 Å². The number of ether oxygens (including phenoxy) is 1. The Morgan fingerprint density at radius 1 is 1.27 bits per heavy atom. The highest BCUT2D eigenvalue weighted by molar-refractivity contribution is 5.70. The van der Waals surface area contributed by atoms with Crippen LogP contribution in [0.15, 0.2) is 0 Å². The number of carboxylic acid groups (broad SMARTS) is 1. The van der Waals surface area contributed by atoms with Crippen molar-refractivity contribution in [2.24, 2.45) is 0 Å². The first-order valence-corrected chi connectivity index (χ1v) is 8.08. The van der Waals surface area contributed by atoms with Gasteiger partial charge in [-0.2, -0.15) is 0 Å². The number of carbonyl (C=O) groups excluding carboxylic acids is 1. The third-order valence-electron chi connectivity index (χ3n) is 3.76. The highest BCUT2D eigenvalue weighted by Gasteiger charge is 2.36. The maximum Gasteiger partial charge on any atom is 0.410 e. The fourth-order valence-corrected chi connectivity index (χ4v) is 2.94. The number of hydrogen-bond donors (Lipinski definition) is 2. The van der Waals surface area contributed by atoms with Crippen molar-refractivity contribution in [3.63, 3.8) is 0 Å². The molecule has 2 atom stereocenters. The summed E-state index contributed by atoms with van der Waals surface area (Å²) in [6, 6.07) is -0.0187. The van der Waals surface area contributed by atoms with Gasteiger partial charge in [0.05, 0.1) is 12.6 Å². The molecule has 6 nitrogen and oxygen atoms in total. The van der Waals surface area contributed by atoms with Crippen LogP contribution in [0.1, 0.15) is 60.3 Å². The molecule has 6 heteroatoms. The van der Waals surface area contributed by atoms with Crippen molar-refractivity contribution >= 4 is 12.1 Å². The minimum Gasteiger partial charge on any atom is -0.480 e. The maximum atomic E-state index is 12.5. The molecule has 1 amide bonds. The first-order valence-electron chi connectivity index (χ1n) is 8.08. The average Bonchev–Trinajstić information content (AvgIpc) is 2.35. The van der Waals surface area contributed by atoms with Crippen LogP contribution in [-0.2, 0) is 9.53 Å². The van der Waals surface area contributed by atoms with Crippen LogP contribution in [-0.4, -0.2) is 52.3 Å². The Hall–Kier alpha value is -1.30. The third-order valence-corrected chi connectivity index (χ3v) is 3.76. The number of amides is 1. The van der Waals surface area contributed by atoms with Gasteiger partial charge in [0, 0.05) is 12.1 Å². The Labute approximate surface area is 133 Å². The molecule has 0 radical (unpaired) electrons. The van der Waals surface area contributed by atoms with Gasteiger partial charge in [0.25, 0.3) is 0 Å². The van der Waals surface area contributed by atoms with Gasteiger partial charge in [-0.25, -0.2) is 4.79 Å². The Morgan fingerprint density at radius 2 is 1.86 bits per heavy atom. The fourth-order valence-electron chi connectivity index (χ4n) is 2.94. The van der Waals surface area contributed by atoms with E-state index in [9.17, 15) is 9.59 Å². The van der Waals surface area contributed by atoms with Gasteiger partial charge < -0.3 is 20.1 Å². The van der Waals surface area contributed by atoms with Crippen molar-refractivity contribution in [1.29, 1.82) is 0 Å². The second-order valence-electron chi connectivity index (χ2n) is 7.21. The molecule has 128 valence electrons. The van der Waals surface area contributed by atoms with E-state index in [4.69, 9.17) is 9.84 Å². The van der Waals surface area contributed by atoms with Crippen LogP contribution in [0.3, 0.4) is 0 Å². The Morgan fingerprint density at radius 3 is 2.36 bits per heavy atom. The van der Waals surface area contributed by atoms with Crippen LogP contribution in [0, 0.1) is 0 Å². The van der Waals surface area contributed by atoms with Crippen LogP contribution in [0.25, 0.3) is 0 Å². The van der Waals surface area contributed by atoms with Gasteiger partial charge in [0.15, 0.2) is 0 Å². The number of aliphatic carboxylic acids is 1. The summed E-state index contributed by atoms with van der Waals surface area (Å²) in [5.41, 5.74) is -0.539. The number of hydrogen-bond acceptors (Lipinski definition) is 4. The molecule has 1 fully saturated rings. The van der Waals surface area contributed by atoms with Gasteiger partial charge in [-0.05, 0) is 47.5 Å². The molecular weight excluding hydrogens is 284 g/mol. The first kappa shape index (κ1) is 18.7. The Bertz CT molecular complexity index is 390. The van der Waals surface area contributed by atoms with Gasteiger partial charge in [0.2, 0.25) is 0 Å². The lowest BCUT2D eigenvalue weighted by atomic mass is 9.88. The topological polar surface area (TPSA) is 78.9 Å². The van der Waals surface area contributed by atoms with Gasteiger partial charge in [0.1, 0.15) is 5.60 Å². The Kier molecular flexibility index (Phi) is 6.66. The zero-order valence-electron chi connectivity index (χ0n) is 14.4. The summed E-state index contributed by atoms with van der Waals surface area (Å²) in [7, 11) is 0. The molecule has 0 heterocycles. The number of rotatable bonds is 5. The number of nitrogens with one attached hydrogen (secondary N) is 1. The molecule has 22 heavy (non-hydrogen) atoms. The summed E-state index contributed by atoms with van der Waals surface area (Å²) < 4.78 is 5.53. The quantitative estimate of drug-likeness (QED) is 0.815. The number of carboxylic acids is 1. The lowest BCUT2D eigenvalue weighted by Crippen LogP contribution is -2.57. The van der Waals surface area contributed by atoms with E-state index in [-0.39, 0.29) is 30.8 Å². The molecule has 1 aliphatic rings. The lowest BCUT2D eigenvalue weighted by molar-refractivity contribution is -0.136. The lowest BCUT2D eigenvalue weighted by Gasteiger charge is -2.42. The standard InChI is InChI=1S/C16H30N2O4/c1-11(2)18(15(21)22-16(3,4)5)13-9-7-6-8-12(13)17-10-14(19)20/h11-13,17H,6-10H2,1-5H3,(H,19,20). The van der Waals surface area contributed by atoms with E-state index in [1.54, 1.807) is 4.90 Å². The van der Waals surface area contributed by atoms with Crippen molar-refractivity contribution in [2.75, 3.05) is 6.54 Å². The highest BCUT2D eigenvalue weighted by Crippen LogP contribution is 2.26. The van der Waals surface area contributed by atoms with Gasteiger partial charge >= 0.3 is 12.1 Å². The fraction of sp³-hybridized carbons (Fsp3) is 0.875. The molecule has 2 unspecified atom stereocenters. The van der Waals surface area contributed by atoms with Gasteiger partial charge in [-0.1, -0.05) is 12.8 Å². The van der Waals surface area contributed by atoms with E-state index >= 15 is 0 Å². The molecule has 0 aromatic carbocycles. The zero-order valence-corrected chi connectivity index (χ0v) is 14.4. The normalized spacial score (nSPS) is 22.5. The Balaban J connectivity index is 2.85. The van der Waals surface area contributed by atoms with E-state index in [1.807, 2.05) is 34.6 Å². The van der Waals surface area contributed by atoms with E-state index in [0.717, 1.165) is 25.7 Å². The van der Waals surface area contributed by atoms with Crippen molar-refractivity contribution in [2.45, 2.75) is 84.0 Å². The zero-order chi connectivity index (χ0) is 16.9. The predicted molar refractivity (Wildman–Crippen MR) is 84.9 cm³/mol. The molecule has 0 spiro atoms. The van der Waals surface area contributed by atoms with Gasteiger partial charge in [-0.15, -0.1) is 0 Å². The second-order valence-corrected chi connectivity index (χ2v) is 7.21. The summed E-state index contributed by atoms with van der Waals surface area (Å²) in [5.74, 6) is -0.877. The average molecular weight is 314 g/mol. The summed E-state index contributed by atoms with van der Waals surface area (Å²) in [4.78, 5) is 25.1. The molecule has 2 N–H and O–H groups in total. The van der Waals surface area contributed by atoms with E-state index < -0.39 is 11.6 Å². The largest absolute Gasteiger partial charge is 0.480 e. The smallest absolute Gasteiger partial charge is 0.410 e. The summed E-state index contributed by atoms with van der Waals surface area (Å²) in [5, 5.41) is 11.9. The molecule has 1 saturated carbocycles. The van der Waals surface area contributed by atoms with Crippen molar-refractivity contribution in [3.8, 4) is 0 Å². The van der Waals surface area contributed by atoms with Crippen LogP contribution < -0.4 is 5.32 Å². The minimum absolute atomic E-state index is 0.000214. The van der Waals surface area contributed by atoms with Crippen LogP contribution >= 0.6 is 0 Å². The molecule has 1 rings (SSSR count). The van der Waals surface area contributed by atoms with Crippen molar-refractivity contribution < 1.29 is 19.4 Å². The maximum absolute atomic E-state index is 12.5. The molecule has 0 aromatic heterocycles. The van der Waals surface area contributed by atoms with E-state index in [2.05, 4.69) is 5.32 Å². The second kappa shape index (κ2) is 7.81. The highest BCUT2D eigenvalue weighted by atomic mass is 16.6. The van der Waals surface area contributed by atoms with Crippen molar-refractivity contribution in [1.82, 2.24) is 10.2 Å².